The summed E-state index contributed by atoms with van der Waals surface area (Å²) in [6.07, 6.45) is 5.71. The van der Waals surface area contributed by atoms with Crippen molar-refractivity contribution in [2.75, 3.05) is 20.2 Å². The second-order valence-corrected chi connectivity index (χ2v) is 6.21. The van der Waals surface area contributed by atoms with E-state index in [1.165, 1.54) is 31.2 Å². The first-order chi connectivity index (χ1) is 9.58. The Balaban J connectivity index is 1.71. The molecule has 0 aromatic carbocycles. The molecule has 4 heteroatoms. The number of hydrogen-bond acceptors (Lipinski definition) is 4. The molecule has 1 saturated carbocycles. The van der Waals surface area contributed by atoms with Crippen LogP contribution in [0.25, 0.3) is 0 Å². The van der Waals surface area contributed by atoms with Crippen molar-refractivity contribution in [3.63, 3.8) is 0 Å². The van der Waals surface area contributed by atoms with Gasteiger partial charge in [-0.2, -0.15) is 0 Å². The quantitative estimate of drug-likeness (QED) is 0.801. The molecule has 1 heterocycles. The minimum absolute atomic E-state index is 0.469. The van der Waals surface area contributed by atoms with E-state index in [4.69, 9.17) is 9.26 Å². The molecule has 2 rings (SSSR count). The molecule has 0 amide bonds. The van der Waals surface area contributed by atoms with E-state index in [0.717, 1.165) is 37.1 Å². The van der Waals surface area contributed by atoms with E-state index in [9.17, 15) is 0 Å². The zero-order valence-electron chi connectivity index (χ0n) is 13.3. The molecule has 0 saturated heterocycles. The number of aromatic nitrogens is 1. The third kappa shape index (κ3) is 4.06. The maximum atomic E-state index is 6.06. The van der Waals surface area contributed by atoms with E-state index in [2.05, 4.69) is 24.0 Å². The molecule has 20 heavy (non-hydrogen) atoms. The molecular formula is C16H28N2O2. The average Bonchev–Trinajstić information content (AvgIpc) is 2.73. The van der Waals surface area contributed by atoms with Crippen LogP contribution in [0.5, 0.6) is 0 Å². The summed E-state index contributed by atoms with van der Waals surface area (Å²) < 4.78 is 11.3. The molecule has 0 bridgehead atoms. The topological polar surface area (TPSA) is 38.5 Å². The van der Waals surface area contributed by atoms with Gasteiger partial charge in [-0.3, -0.25) is 4.90 Å². The summed E-state index contributed by atoms with van der Waals surface area (Å²) in [6, 6.07) is 0. The first-order valence-electron chi connectivity index (χ1n) is 7.80. The standard InChI is InChI=1S/C16H28N2O2/c1-12-7-5-6-8-16(12)19-10-9-18(4)11-15-13(2)17-20-14(15)3/h12,16H,5-11H2,1-4H3/t12-,16+/m1/s1. The Morgan fingerprint density at radius 3 is 2.70 bits per heavy atom. The first kappa shape index (κ1) is 15.5. The lowest BCUT2D eigenvalue weighted by Crippen LogP contribution is -2.30. The molecule has 1 aromatic heterocycles. The van der Waals surface area contributed by atoms with Crippen LogP contribution in [-0.4, -0.2) is 36.4 Å². The van der Waals surface area contributed by atoms with Crippen molar-refractivity contribution < 1.29 is 9.26 Å². The highest BCUT2D eigenvalue weighted by molar-refractivity contribution is 5.20. The molecule has 1 aromatic rings. The van der Waals surface area contributed by atoms with Crippen LogP contribution in [-0.2, 0) is 11.3 Å². The maximum absolute atomic E-state index is 6.06. The Kier molecular flexibility index (Phi) is 5.61. The predicted octanol–water partition coefficient (Wildman–Crippen LogP) is 3.32. The Morgan fingerprint density at radius 1 is 1.30 bits per heavy atom. The van der Waals surface area contributed by atoms with Crippen LogP contribution in [0, 0.1) is 19.8 Å². The van der Waals surface area contributed by atoms with E-state index in [-0.39, 0.29) is 0 Å². The molecule has 114 valence electrons. The molecule has 1 aliphatic rings. The van der Waals surface area contributed by atoms with Gasteiger partial charge < -0.3 is 9.26 Å². The Morgan fingerprint density at radius 2 is 2.05 bits per heavy atom. The van der Waals surface area contributed by atoms with Gasteiger partial charge in [0.1, 0.15) is 5.76 Å². The van der Waals surface area contributed by atoms with Gasteiger partial charge >= 0.3 is 0 Å². The van der Waals surface area contributed by atoms with E-state index >= 15 is 0 Å². The Hall–Kier alpha value is -0.870. The Labute approximate surface area is 122 Å². The molecule has 0 radical (unpaired) electrons. The number of ether oxygens (including phenoxy) is 1. The summed E-state index contributed by atoms with van der Waals surface area (Å²) >= 11 is 0. The zero-order valence-corrected chi connectivity index (χ0v) is 13.3. The van der Waals surface area contributed by atoms with Crippen molar-refractivity contribution in [2.45, 2.75) is 59.1 Å². The van der Waals surface area contributed by atoms with Crippen molar-refractivity contribution in [1.82, 2.24) is 10.1 Å². The van der Waals surface area contributed by atoms with Gasteiger partial charge in [0.2, 0.25) is 0 Å². The minimum Gasteiger partial charge on any atom is -0.377 e. The largest absolute Gasteiger partial charge is 0.377 e. The normalized spacial score (nSPS) is 23.4. The zero-order chi connectivity index (χ0) is 14.5. The summed E-state index contributed by atoms with van der Waals surface area (Å²) in [6.45, 7) is 8.94. The van der Waals surface area contributed by atoms with Gasteiger partial charge in [-0.25, -0.2) is 0 Å². The van der Waals surface area contributed by atoms with Gasteiger partial charge in [0.25, 0.3) is 0 Å². The minimum atomic E-state index is 0.469. The van der Waals surface area contributed by atoms with Gasteiger partial charge in [0, 0.05) is 18.7 Å². The Bertz CT molecular complexity index is 397. The van der Waals surface area contributed by atoms with Crippen LogP contribution in [0.15, 0.2) is 4.52 Å². The highest BCUT2D eigenvalue weighted by atomic mass is 16.5. The third-order valence-corrected chi connectivity index (χ3v) is 4.45. The summed E-state index contributed by atoms with van der Waals surface area (Å²) in [7, 11) is 2.12. The second-order valence-electron chi connectivity index (χ2n) is 6.21. The maximum Gasteiger partial charge on any atom is 0.138 e. The van der Waals surface area contributed by atoms with Crippen LogP contribution < -0.4 is 0 Å². The fourth-order valence-corrected chi connectivity index (χ4v) is 2.97. The smallest absolute Gasteiger partial charge is 0.138 e. The molecule has 0 unspecified atom stereocenters. The molecule has 4 nitrogen and oxygen atoms in total. The number of likely N-dealkylation sites (N-methyl/N-ethyl adjacent to an activating group) is 1. The number of aryl methyl sites for hydroxylation is 2. The number of rotatable bonds is 6. The van der Waals surface area contributed by atoms with Crippen molar-refractivity contribution in [3.05, 3.63) is 17.0 Å². The third-order valence-electron chi connectivity index (χ3n) is 4.45. The molecule has 0 N–H and O–H groups in total. The summed E-state index contributed by atoms with van der Waals surface area (Å²) in [5.74, 6) is 1.65. The van der Waals surface area contributed by atoms with Crippen LogP contribution in [0.4, 0.5) is 0 Å². The van der Waals surface area contributed by atoms with Crippen LogP contribution >= 0.6 is 0 Å². The van der Waals surface area contributed by atoms with Crippen molar-refractivity contribution in [2.24, 2.45) is 5.92 Å². The van der Waals surface area contributed by atoms with Crippen LogP contribution in [0.1, 0.15) is 49.6 Å². The van der Waals surface area contributed by atoms with E-state index in [1.54, 1.807) is 0 Å². The lowest BCUT2D eigenvalue weighted by Gasteiger charge is -2.29. The molecule has 0 spiro atoms. The number of nitrogens with zero attached hydrogens (tertiary/aromatic N) is 2. The number of hydrogen-bond donors (Lipinski definition) is 0. The summed E-state index contributed by atoms with van der Waals surface area (Å²) in [4.78, 5) is 2.28. The highest BCUT2D eigenvalue weighted by Crippen LogP contribution is 2.26. The molecule has 2 atom stereocenters. The van der Waals surface area contributed by atoms with Crippen molar-refractivity contribution in [1.29, 1.82) is 0 Å². The van der Waals surface area contributed by atoms with Gasteiger partial charge in [-0.1, -0.05) is 24.9 Å². The van der Waals surface area contributed by atoms with Gasteiger partial charge in [-0.05, 0) is 39.7 Å². The second kappa shape index (κ2) is 7.23. The monoisotopic (exact) mass is 280 g/mol. The average molecular weight is 280 g/mol. The first-order valence-corrected chi connectivity index (χ1v) is 7.80. The molecule has 1 aliphatic carbocycles. The fourth-order valence-electron chi connectivity index (χ4n) is 2.97. The highest BCUT2D eigenvalue weighted by Gasteiger charge is 2.21. The van der Waals surface area contributed by atoms with E-state index in [0.29, 0.717) is 6.10 Å². The molecular weight excluding hydrogens is 252 g/mol. The van der Waals surface area contributed by atoms with Crippen LogP contribution in [0.3, 0.4) is 0 Å². The predicted molar refractivity (Wildman–Crippen MR) is 79.7 cm³/mol. The summed E-state index contributed by atoms with van der Waals surface area (Å²) in [5.41, 5.74) is 2.20. The molecule has 1 fully saturated rings. The van der Waals surface area contributed by atoms with E-state index < -0.39 is 0 Å². The fraction of sp³-hybridized carbons (Fsp3) is 0.812. The molecule has 0 aliphatic heterocycles. The lowest BCUT2D eigenvalue weighted by molar-refractivity contribution is -0.0123. The van der Waals surface area contributed by atoms with Crippen molar-refractivity contribution >= 4 is 0 Å². The van der Waals surface area contributed by atoms with Crippen LogP contribution in [0.2, 0.25) is 0 Å². The van der Waals surface area contributed by atoms with Gasteiger partial charge in [0.05, 0.1) is 18.4 Å². The SMILES string of the molecule is Cc1noc(C)c1CN(C)CCO[C@H]1CCCC[C@H]1C. The van der Waals surface area contributed by atoms with E-state index in [1.807, 2.05) is 13.8 Å². The summed E-state index contributed by atoms with van der Waals surface area (Å²) in [5, 5.41) is 4.00. The van der Waals surface area contributed by atoms with Crippen molar-refractivity contribution in [3.8, 4) is 0 Å². The van der Waals surface area contributed by atoms with Gasteiger partial charge in [-0.15, -0.1) is 0 Å². The lowest BCUT2D eigenvalue weighted by atomic mass is 9.88. The van der Waals surface area contributed by atoms with Gasteiger partial charge in [0.15, 0.2) is 0 Å².